The first-order chi connectivity index (χ1) is 7.98. The number of halogens is 3. The summed E-state index contributed by atoms with van der Waals surface area (Å²) in [7, 11) is 0. The average molecular weight is 269 g/mol. The van der Waals surface area contributed by atoms with Crippen LogP contribution in [0.4, 0.5) is 13.2 Å². The van der Waals surface area contributed by atoms with Crippen molar-refractivity contribution in [1.29, 1.82) is 0 Å². The van der Waals surface area contributed by atoms with E-state index in [2.05, 4.69) is 0 Å². The first-order valence-corrected chi connectivity index (χ1v) is 5.57. The van der Waals surface area contributed by atoms with Crippen LogP contribution < -0.4 is 5.73 Å². The highest BCUT2D eigenvalue weighted by Crippen LogP contribution is 2.34. The largest absolute Gasteiger partial charge is 0.481 e. The van der Waals surface area contributed by atoms with E-state index in [4.69, 9.17) is 10.8 Å². The number of ketones is 1. The molecule has 0 radical (unpaired) electrons. The van der Waals surface area contributed by atoms with Gasteiger partial charge in [-0.25, -0.2) is 0 Å². The van der Waals surface area contributed by atoms with E-state index in [9.17, 15) is 22.8 Å². The normalized spacial score (nSPS) is 17.3. The van der Waals surface area contributed by atoms with Crippen molar-refractivity contribution in [2.75, 3.05) is 0 Å². The minimum Gasteiger partial charge on any atom is -0.481 e. The van der Waals surface area contributed by atoms with Crippen molar-refractivity contribution in [2.24, 2.45) is 23.5 Å². The minimum absolute atomic E-state index is 0.0435. The number of carbonyl (C=O) groups excluding carboxylic acids is 1. The van der Waals surface area contributed by atoms with Crippen molar-refractivity contribution >= 4 is 11.8 Å². The zero-order chi connectivity index (χ0) is 14.7. The van der Waals surface area contributed by atoms with E-state index in [0.29, 0.717) is 0 Å². The third-order valence-corrected chi connectivity index (χ3v) is 2.64. The van der Waals surface area contributed by atoms with E-state index in [1.165, 1.54) is 0 Å². The topological polar surface area (TPSA) is 80.4 Å². The van der Waals surface area contributed by atoms with Crippen LogP contribution in [-0.4, -0.2) is 29.1 Å². The van der Waals surface area contributed by atoms with Gasteiger partial charge >= 0.3 is 12.1 Å². The van der Waals surface area contributed by atoms with Gasteiger partial charge in [0.05, 0.1) is 12.0 Å². The van der Waals surface area contributed by atoms with E-state index < -0.39 is 35.8 Å². The molecule has 0 saturated heterocycles. The molecule has 0 saturated carbocycles. The number of Topliss-reactive ketones (excluding diaryl/α,β-unsaturated/α-hetero) is 1. The van der Waals surface area contributed by atoms with Crippen molar-refractivity contribution in [1.82, 2.24) is 0 Å². The fourth-order valence-electron chi connectivity index (χ4n) is 1.69. The van der Waals surface area contributed by atoms with Crippen LogP contribution in [0.1, 0.15) is 27.2 Å². The highest BCUT2D eigenvalue weighted by Gasteiger charge is 2.51. The fourth-order valence-corrected chi connectivity index (χ4v) is 1.69. The molecule has 0 aliphatic carbocycles. The fraction of sp³-hybridized carbons (Fsp3) is 0.818. The molecule has 18 heavy (non-hydrogen) atoms. The molecule has 0 spiro atoms. The van der Waals surface area contributed by atoms with Gasteiger partial charge < -0.3 is 10.8 Å². The molecule has 0 fully saturated rings. The van der Waals surface area contributed by atoms with Gasteiger partial charge in [0.2, 0.25) is 0 Å². The summed E-state index contributed by atoms with van der Waals surface area (Å²) >= 11 is 0. The highest BCUT2D eigenvalue weighted by atomic mass is 19.4. The van der Waals surface area contributed by atoms with Crippen molar-refractivity contribution < 1.29 is 27.9 Å². The number of aliphatic carboxylic acids is 1. The third kappa shape index (κ3) is 4.64. The summed E-state index contributed by atoms with van der Waals surface area (Å²) in [5, 5.41) is 8.64. The first kappa shape index (κ1) is 16.9. The Labute approximate surface area is 103 Å². The molecule has 0 aromatic carbocycles. The lowest BCUT2D eigenvalue weighted by molar-refractivity contribution is -0.197. The molecule has 0 aliphatic rings. The number of carboxylic acids is 1. The summed E-state index contributed by atoms with van der Waals surface area (Å²) in [5.74, 6) is -7.36. The lowest BCUT2D eigenvalue weighted by Gasteiger charge is -2.25. The Morgan fingerprint density at radius 2 is 1.67 bits per heavy atom. The molecule has 7 heteroatoms. The maximum atomic E-state index is 12.7. The van der Waals surface area contributed by atoms with Crippen molar-refractivity contribution in [2.45, 2.75) is 39.4 Å². The van der Waals surface area contributed by atoms with Crippen LogP contribution in [0.15, 0.2) is 0 Å². The van der Waals surface area contributed by atoms with E-state index in [1.54, 1.807) is 13.8 Å². The molecule has 0 bridgehead atoms. The molecule has 0 aliphatic heterocycles. The predicted octanol–water partition coefficient (Wildman–Crippen LogP) is 1.83. The quantitative estimate of drug-likeness (QED) is 0.770. The lowest BCUT2D eigenvalue weighted by Crippen LogP contribution is -2.47. The summed E-state index contributed by atoms with van der Waals surface area (Å²) in [4.78, 5) is 22.3. The Kier molecular flexibility index (Phi) is 5.79. The Balaban J connectivity index is 5.10. The molecule has 4 nitrogen and oxygen atoms in total. The van der Waals surface area contributed by atoms with Gasteiger partial charge in [-0.2, -0.15) is 13.2 Å². The number of rotatable bonds is 6. The summed E-state index contributed by atoms with van der Waals surface area (Å²) in [5.41, 5.74) is 5.41. The molecule has 0 rings (SSSR count). The van der Waals surface area contributed by atoms with Crippen molar-refractivity contribution in [3.8, 4) is 0 Å². The van der Waals surface area contributed by atoms with Crippen molar-refractivity contribution in [3.05, 3.63) is 0 Å². The molecular weight excluding hydrogens is 251 g/mol. The Hall–Kier alpha value is -1.11. The molecular formula is C11H18F3NO3. The molecule has 3 atom stereocenters. The third-order valence-electron chi connectivity index (χ3n) is 2.64. The second-order valence-corrected chi connectivity index (χ2v) is 4.78. The van der Waals surface area contributed by atoms with Gasteiger partial charge in [-0.05, 0) is 12.3 Å². The summed E-state index contributed by atoms with van der Waals surface area (Å²) in [6.07, 6.45) is -4.80. The monoisotopic (exact) mass is 269 g/mol. The summed E-state index contributed by atoms with van der Waals surface area (Å²) in [6, 6.07) is -1.29. The van der Waals surface area contributed by atoms with E-state index in [0.717, 1.165) is 6.92 Å². The van der Waals surface area contributed by atoms with Gasteiger partial charge in [-0.15, -0.1) is 0 Å². The maximum Gasteiger partial charge on any atom is 0.399 e. The van der Waals surface area contributed by atoms with E-state index in [1.807, 2.05) is 0 Å². The lowest BCUT2D eigenvalue weighted by atomic mass is 9.84. The van der Waals surface area contributed by atoms with Gasteiger partial charge in [0, 0.05) is 0 Å². The number of hydrogen-bond acceptors (Lipinski definition) is 3. The molecule has 0 aromatic rings. The van der Waals surface area contributed by atoms with Crippen LogP contribution in [0.2, 0.25) is 0 Å². The molecule has 0 aromatic heterocycles. The second-order valence-electron chi connectivity index (χ2n) is 4.78. The Morgan fingerprint density at radius 1 is 1.22 bits per heavy atom. The van der Waals surface area contributed by atoms with Gasteiger partial charge in [-0.3, -0.25) is 9.59 Å². The van der Waals surface area contributed by atoms with Crippen LogP contribution in [0, 0.1) is 17.8 Å². The minimum atomic E-state index is -4.90. The standard InChI is InChI=1S/C11H18F3NO3/c1-5(2)4-7(15)9(16)8(11(12,13)14)6(3)10(17)18/h5-8H,4,15H2,1-3H3,(H,17,18)/t6?,7-,8?/m0/s1. The van der Waals surface area contributed by atoms with Crippen LogP contribution in [0.25, 0.3) is 0 Å². The van der Waals surface area contributed by atoms with Crippen LogP contribution >= 0.6 is 0 Å². The van der Waals surface area contributed by atoms with E-state index in [-0.39, 0.29) is 12.3 Å². The number of carbonyl (C=O) groups is 2. The zero-order valence-electron chi connectivity index (χ0n) is 10.5. The molecule has 3 N–H and O–H groups in total. The Morgan fingerprint density at radius 3 is 1.94 bits per heavy atom. The van der Waals surface area contributed by atoms with E-state index >= 15 is 0 Å². The van der Waals surface area contributed by atoms with Gasteiger partial charge in [0.15, 0.2) is 5.78 Å². The maximum absolute atomic E-state index is 12.7. The molecule has 0 amide bonds. The summed E-state index contributed by atoms with van der Waals surface area (Å²) < 4.78 is 38.2. The molecule has 106 valence electrons. The summed E-state index contributed by atoms with van der Waals surface area (Å²) in [6.45, 7) is 4.30. The number of carboxylic acid groups (broad SMARTS) is 1. The van der Waals surface area contributed by atoms with Crippen LogP contribution in [0.3, 0.4) is 0 Å². The zero-order valence-corrected chi connectivity index (χ0v) is 10.5. The van der Waals surface area contributed by atoms with Gasteiger partial charge in [-0.1, -0.05) is 20.8 Å². The molecule has 0 heterocycles. The smallest absolute Gasteiger partial charge is 0.399 e. The Bertz CT molecular complexity index is 315. The number of alkyl halides is 3. The number of nitrogens with two attached hydrogens (primary N) is 1. The van der Waals surface area contributed by atoms with Crippen LogP contribution in [-0.2, 0) is 9.59 Å². The average Bonchev–Trinajstić information content (AvgIpc) is 2.13. The van der Waals surface area contributed by atoms with Gasteiger partial charge in [0.25, 0.3) is 0 Å². The first-order valence-electron chi connectivity index (χ1n) is 5.57. The SMILES string of the molecule is CC(C)C[C@H](N)C(=O)C(C(C)C(=O)O)C(F)(F)F. The highest BCUT2D eigenvalue weighted by molar-refractivity contribution is 5.90. The van der Waals surface area contributed by atoms with Crippen molar-refractivity contribution in [3.63, 3.8) is 0 Å². The molecule has 2 unspecified atom stereocenters. The predicted molar refractivity (Wildman–Crippen MR) is 58.8 cm³/mol. The van der Waals surface area contributed by atoms with Gasteiger partial charge in [0.1, 0.15) is 5.92 Å². The van der Waals surface area contributed by atoms with Crippen LogP contribution in [0.5, 0.6) is 0 Å². The number of hydrogen-bond donors (Lipinski definition) is 2. The second kappa shape index (κ2) is 6.17.